The smallest absolute Gasteiger partial charge is 0.0933 e. The van der Waals surface area contributed by atoms with Gasteiger partial charge in [0.15, 0.2) is 0 Å². The van der Waals surface area contributed by atoms with Gasteiger partial charge in [0.25, 0.3) is 0 Å². The molecule has 0 unspecified atom stereocenters. The molecule has 1 rings (SSSR count). The molecule has 0 aliphatic carbocycles. The molecule has 0 bridgehead atoms. The van der Waals surface area contributed by atoms with E-state index in [1.807, 2.05) is 30.3 Å². The second-order valence-corrected chi connectivity index (χ2v) is 4.23. The Morgan fingerprint density at radius 2 is 1.93 bits per heavy atom. The van der Waals surface area contributed by atoms with Crippen LogP contribution in [0.15, 0.2) is 30.3 Å². The third-order valence-corrected chi connectivity index (χ3v) is 2.02. The maximum atomic E-state index is 9.44. The van der Waals surface area contributed by atoms with Crippen molar-refractivity contribution in [3.05, 3.63) is 35.9 Å². The van der Waals surface area contributed by atoms with E-state index in [1.165, 1.54) is 0 Å². The number of hydroxylamine groups is 1. The van der Waals surface area contributed by atoms with Gasteiger partial charge < -0.3 is 5.11 Å². The van der Waals surface area contributed by atoms with E-state index in [0.29, 0.717) is 19.6 Å². The average Bonchev–Trinajstić information content (AvgIpc) is 2.17. The normalized spacial score (nSPS) is 11.7. The highest BCUT2D eigenvalue weighted by molar-refractivity contribution is 5.13. The summed E-state index contributed by atoms with van der Waals surface area (Å²) < 4.78 is 0. The minimum absolute atomic E-state index is 0.548. The van der Waals surface area contributed by atoms with Crippen LogP contribution in [-0.4, -0.2) is 17.3 Å². The van der Waals surface area contributed by atoms with Gasteiger partial charge in [-0.05, 0) is 25.8 Å². The number of aliphatic hydroxyl groups is 1. The Morgan fingerprint density at radius 1 is 1.27 bits per heavy atom. The van der Waals surface area contributed by atoms with Crippen molar-refractivity contribution in [2.24, 2.45) is 0 Å². The van der Waals surface area contributed by atoms with Crippen molar-refractivity contribution in [2.75, 3.05) is 6.54 Å². The van der Waals surface area contributed by atoms with Crippen molar-refractivity contribution < 1.29 is 9.94 Å². The van der Waals surface area contributed by atoms with E-state index in [9.17, 15) is 5.11 Å². The molecule has 0 atom stereocenters. The fourth-order valence-corrected chi connectivity index (χ4v) is 1.14. The van der Waals surface area contributed by atoms with Gasteiger partial charge in [0.05, 0.1) is 12.2 Å². The summed E-state index contributed by atoms with van der Waals surface area (Å²) in [5, 5.41) is 9.44. The van der Waals surface area contributed by atoms with Crippen LogP contribution in [0.2, 0.25) is 0 Å². The zero-order valence-electron chi connectivity index (χ0n) is 9.36. The Bertz CT molecular complexity index is 267. The molecule has 15 heavy (non-hydrogen) atoms. The quantitative estimate of drug-likeness (QED) is 0.555. The molecule has 0 aromatic heterocycles. The van der Waals surface area contributed by atoms with E-state index in [0.717, 1.165) is 5.56 Å². The van der Waals surface area contributed by atoms with E-state index in [-0.39, 0.29) is 0 Å². The Labute approximate surface area is 91.0 Å². The van der Waals surface area contributed by atoms with Gasteiger partial charge in [0.1, 0.15) is 0 Å². The summed E-state index contributed by atoms with van der Waals surface area (Å²) in [6.45, 7) is 4.76. The fraction of sp³-hybridized carbons (Fsp3) is 0.500. The van der Waals surface area contributed by atoms with Gasteiger partial charge in [-0.25, -0.2) is 5.48 Å². The lowest BCUT2D eigenvalue weighted by molar-refractivity contribution is 0.00525. The van der Waals surface area contributed by atoms with Crippen LogP contribution in [0, 0.1) is 0 Å². The number of rotatable bonds is 6. The molecule has 2 N–H and O–H groups in total. The Hall–Kier alpha value is -0.900. The number of hydrogen-bond donors (Lipinski definition) is 2. The van der Waals surface area contributed by atoms with Crippen molar-refractivity contribution in [1.82, 2.24) is 5.48 Å². The lowest BCUT2D eigenvalue weighted by Gasteiger charge is -2.16. The molecule has 0 saturated heterocycles. The predicted octanol–water partition coefficient (Wildman–Crippen LogP) is 1.87. The summed E-state index contributed by atoms with van der Waals surface area (Å²) in [6, 6.07) is 9.96. The zero-order chi connectivity index (χ0) is 11.1. The Balaban J connectivity index is 2.08. The van der Waals surface area contributed by atoms with E-state index in [1.54, 1.807) is 13.8 Å². The van der Waals surface area contributed by atoms with Crippen LogP contribution < -0.4 is 5.48 Å². The molecule has 1 aromatic rings. The third kappa shape index (κ3) is 6.23. The summed E-state index contributed by atoms with van der Waals surface area (Å²) in [5.74, 6) is 0. The van der Waals surface area contributed by atoms with Crippen LogP contribution in [-0.2, 0) is 11.4 Å². The van der Waals surface area contributed by atoms with E-state index < -0.39 is 5.60 Å². The van der Waals surface area contributed by atoms with Crippen LogP contribution >= 0.6 is 0 Å². The topological polar surface area (TPSA) is 41.5 Å². The third-order valence-electron chi connectivity index (χ3n) is 2.02. The molecule has 0 spiro atoms. The molecule has 0 aliphatic rings. The van der Waals surface area contributed by atoms with Crippen LogP contribution in [0.4, 0.5) is 0 Å². The maximum Gasteiger partial charge on any atom is 0.0933 e. The molecule has 84 valence electrons. The van der Waals surface area contributed by atoms with Gasteiger partial charge in [0, 0.05) is 6.54 Å². The highest BCUT2D eigenvalue weighted by atomic mass is 16.6. The second-order valence-electron chi connectivity index (χ2n) is 4.23. The first-order valence-corrected chi connectivity index (χ1v) is 5.19. The molecule has 1 aromatic carbocycles. The SMILES string of the molecule is CC(C)(O)CCNOCc1ccccc1. The summed E-state index contributed by atoms with van der Waals surface area (Å²) >= 11 is 0. The first kappa shape index (κ1) is 12.2. The Morgan fingerprint density at radius 3 is 2.53 bits per heavy atom. The van der Waals surface area contributed by atoms with Crippen LogP contribution in [0.25, 0.3) is 0 Å². The minimum Gasteiger partial charge on any atom is -0.390 e. The van der Waals surface area contributed by atoms with Gasteiger partial charge in [-0.3, -0.25) is 4.84 Å². The molecule has 0 radical (unpaired) electrons. The molecule has 3 nitrogen and oxygen atoms in total. The summed E-state index contributed by atoms with van der Waals surface area (Å²) in [6.07, 6.45) is 0.668. The number of nitrogens with one attached hydrogen (secondary N) is 1. The van der Waals surface area contributed by atoms with E-state index in [2.05, 4.69) is 5.48 Å². The lowest BCUT2D eigenvalue weighted by Crippen LogP contribution is -2.26. The monoisotopic (exact) mass is 209 g/mol. The molecule has 3 heteroatoms. The molecule has 0 heterocycles. The fourth-order valence-electron chi connectivity index (χ4n) is 1.14. The maximum absolute atomic E-state index is 9.44. The zero-order valence-corrected chi connectivity index (χ0v) is 9.36. The van der Waals surface area contributed by atoms with Crippen molar-refractivity contribution in [3.63, 3.8) is 0 Å². The summed E-state index contributed by atoms with van der Waals surface area (Å²) in [4.78, 5) is 5.25. The molecule has 0 fully saturated rings. The van der Waals surface area contributed by atoms with Crippen molar-refractivity contribution in [3.8, 4) is 0 Å². The van der Waals surface area contributed by atoms with E-state index >= 15 is 0 Å². The summed E-state index contributed by atoms with van der Waals surface area (Å²) in [7, 11) is 0. The van der Waals surface area contributed by atoms with E-state index in [4.69, 9.17) is 4.84 Å². The standard InChI is InChI=1S/C12H19NO2/c1-12(2,14)8-9-13-15-10-11-6-4-3-5-7-11/h3-7,13-14H,8-10H2,1-2H3. The molecule has 0 amide bonds. The lowest BCUT2D eigenvalue weighted by atomic mass is 10.1. The average molecular weight is 209 g/mol. The van der Waals surface area contributed by atoms with Crippen molar-refractivity contribution in [1.29, 1.82) is 0 Å². The second kappa shape index (κ2) is 5.85. The highest BCUT2D eigenvalue weighted by Gasteiger charge is 2.10. The van der Waals surface area contributed by atoms with Gasteiger partial charge >= 0.3 is 0 Å². The Kier molecular flexibility index (Phi) is 4.75. The van der Waals surface area contributed by atoms with Gasteiger partial charge in [-0.15, -0.1) is 0 Å². The molecular weight excluding hydrogens is 190 g/mol. The van der Waals surface area contributed by atoms with Crippen molar-refractivity contribution >= 4 is 0 Å². The van der Waals surface area contributed by atoms with Crippen LogP contribution in [0.1, 0.15) is 25.8 Å². The number of hydrogen-bond acceptors (Lipinski definition) is 3. The number of benzene rings is 1. The molecule has 0 saturated carbocycles. The van der Waals surface area contributed by atoms with Gasteiger partial charge in [-0.2, -0.15) is 0 Å². The summed E-state index contributed by atoms with van der Waals surface area (Å²) in [5.41, 5.74) is 3.33. The first-order valence-electron chi connectivity index (χ1n) is 5.19. The highest BCUT2D eigenvalue weighted by Crippen LogP contribution is 2.05. The predicted molar refractivity (Wildman–Crippen MR) is 60.1 cm³/mol. The molecular formula is C12H19NO2. The first-order chi connectivity index (χ1) is 7.08. The van der Waals surface area contributed by atoms with Crippen molar-refractivity contribution in [2.45, 2.75) is 32.5 Å². The van der Waals surface area contributed by atoms with Gasteiger partial charge in [-0.1, -0.05) is 30.3 Å². The molecule has 0 aliphatic heterocycles. The largest absolute Gasteiger partial charge is 0.390 e. The van der Waals surface area contributed by atoms with Crippen LogP contribution in [0.3, 0.4) is 0 Å². The minimum atomic E-state index is -0.636. The van der Waals surface area contributed by atoms with Crippen LogP contribution in [0.5, 0.6) is 0 Å². The van der Waals surface area contributed by atoms with Gasteiger partial charge in [0.2, 0.25) is 0 Å².